The van der Waals surface area contributed by atoms with E-state index in [1.807, 2.05) is 0 Å². The molecule has 0 unspecified atom stereocenters. The average molecular weight is 646 g/mol. The normalized spacial score (nSPS) is 31.2. The largest absolute Gasteiger partial charge is 0.507 e. The Balaban J connectivity index is 1.50. The summed E-state index contributed by atoms with van der Waals surface area (Å²) in [5, 5.41) is 47.3. The zero-order valence-corrected chi connectivity index (χ0v) is 25.9. The van der Waals surface area contributed by atoms with Gasteiger partial charge in [0.2, 0.25) is 5.78 Å². The number of nitrogens with one attached hydrogen (secondary N) is 1. The quantitative estimate of drug-likeness (QED) is 0.180. The zero-order chi connectivity index (χ0) is 33.5. The lowest BCUT2D eigenvalue weighted by Gasteiger charge is -2.42. The minimum atomic E-state index is -2.24. The van der Waals surface area contributed by atoms with Crippen LogP contribution in [0.2, 0.25) is 0 Å². The van der Waals surface area contributed by atoms with E-state index in [1.54, 1.807) is 6.92 Å². The van der Waals surface area contributed by atoms with Crippen LogP contribution in [0.5, 0.6) is 11.5 Å². The SMILES string of the molecule is C=CC1=C(C(=C)OC)C(=O)c2c(O)c3c(c(O)c2C1=O)C[C@@](O)(C(=O)CO)C[C@@H]3O[C@H]1CC[C@H](O[C@H]2NCCO[C@@H]2OC)[C@H](C)O1. The fraction of sp³-hybridized carbons (Fsp3) is 0.531. The molecule has 0 radical (unpaired) electrons. The van der Waals surface area contributed by atoms with Crippen molar-refractivity contribution in [3.8, 4) is 11.5 Å². The second-order valence-electron chi connectivity index (χ2n) is 11.6. The number of Topliss-reactive ketones (excluding diaryl/α,β-unsaturated/α-hetero) is 3. The highest BCUT2D eigenvalue weighted by molar-refractivity contribution is 6.31. The number of aromatic hydroxyl groups is 2. The Bertz CT molecular complexity index is 1480. The summed E-state index contributed by atoms with van der Waals surface area (Å²) >= 11 is 0. The number of morpholine rings is 1. The molecule has 250 valence electrons. The summed E-state index contributed by atoms with van der Waals surface area (Å²) in [7, 11) is 2.77. The average Bonchev–Trinajstić information content (AvgIpc) is 3.04. The minimum absolute atomic E-state index is 0.0987. The van der Waals surface area contributed by atoms with Gasteiger partial charge in [0.05, 0.1) is 48.7 Å². The third-order valence-corrected chi connectivity index (χ3v) is 8.91. The molecular weight excluding hydrogens is 606 g/mol. The summed E-state index contributed by atoms with van der Waals surface area (Å²) < 4.78 is 34.6. The van der Waals surface area contributed by atoms with E-state index in [0.717, 1.165) is 6.08 Å². The summed E-state index contributed by atoms with van der Waals surface area (Å²) in [5.74, 6) is -4.21. The van der Waals surface area contributed by atoms with Crippen LogP contribution in [0.25, 0.3) is 0 Å². The summed E-state index contributed by atoms with van der Waals surface area (Å²) in [6, 6.07) is 0. The van der Waals surface area contributed by atoms with E-state index in [1.165, 1.54) is 14.2 Å². The Morgan fingerprint density at radius 3 is 2.48 bits per heavy atom. The van der Waals surface area contributed by atoms with Crippen LogP contribution in [0.3, 0.4) is 0 Å². The second-order valence-corrected chi connectivity index (χ2v) is 11.6. The molecule has 4 aliphatic rings. The van der Waals surface area contributed by atoms with Crippen LogP contribution < -0.4 is 5.32 Å². The first-order valence-corrected chi connectivity index (χ1v) is 14.9. The van der Waals surface area contributed by atoms with E-state index in [4.69, 9.17) is 28.4 Å². The van der Waals surface area contributed by atoms with Crippen LogP contribution in [-0.4, -0.2) is 108 Å². The van der Waals surface area contributed by atoms with Gasteiger partial charge in [-0.25, -0.2) is 0 Å². The van der Waals surface area contributed by atoms with Gasteiger partial charge in [-0.3, -0.25) is 19.7 Å². The van der Waals surface area contributed by atoms with Crippen molar-refractivity contribution >= 4 is 17.3 Å². The van der Waals surface area contributed by atoms with Crippen molar-refractivity contribution in [1.82, 2.24) is 5.32 Å². The van der Waals surface area contributed by atoms with Gasteiger partial charge < -0.3 is 48.8 Å². The predicted molar refractivity (Wildman–Crippen MR) is 158 cm³/mol. The van der Waals surface area contributed by atoms with Crippen molar-refractivity contribution in [3.05, 3.63) is 58.4 Å². The molecule has 1 aromatic rings. The number of aliphatic hydroxyl groups excluding tert-OH is 1. The number of hydrogen-bond donors (Lipinski definition) is 5. The van der Waals surface area contributed by atoms with E-state index in [9.17, 15) is 34.8 Å². The highest BCUT2D eigenvalue weighted by Gasteiger charge is 2.50. The van der Waals surface area contributed by atoms with Gasteiger partial charge in [0.15, 0.2) is 30.4 Å². The van der Waals surface area contributed by atoms with Gasteiger partial charge in [-0.2, -0.15) is 0 Å². The number of ketones is 3. The Labute approximate surface area is 265 Å². The number of rotatable bonds is 10. The molecule has 2 aliphatic heterocycles. The molecule has 2 aliphatic carbocycles. The summed E-state index contributed by atoms with van der Waals surface area (Å²) in [6.45, 7) is 9.09. The molecule has 1 aromatic carbocycles. The van der Waals surface area contributed by atoms with Crippen molar-refractivity contribution < 1.29 is 63.2 Å². The molecule has 46 heavy (non-hydrogen) atoms. The van der Waals surface area contributed by atoms with E-state index in [-0.39, 0.29) is 40.6 Å². The summed E-state index contributed by atoms with van der Waals surface area (Å²) in [4.78, 5) is 40.1. The third kappa shape index (κ3) is 5.80. The summed E-state index contributed by atoms with van der Waals surface area (Å²) in [5.41, 5.74) is -4.01. The van der Waals surface area contributed by atoms with E-state index >= 15 is 0 Å². The highest BCUT2D eigenvalue weighted by atomic mass is 16.7. The van der Waals surface area contributed by atoms with Crippen LogP contribution in [0.15, 0.2) is 36.1 Å². The first-order chi connectivity index (χ1) is 21.9. The number of aliphatic hydroxyl groups is 2. The lowest BCUT2D eigenvalue weighted by Crippen LogP contribution is -2.54. The molecule has 14 nitrogen and oxygen atoms in total. The van der Waals surface area contributed by atoms with E-state index < -0.39 is 96.0 Å². The van der Waals surface area contributed by atoms with Crippen LogP contribution >= 0.6 is 0 Å². The Kier molecular flexibility index (Phi) is 9.82. The molecule has 2 heterocycles. The topological polar surface area (TPSA) is 200 Å². The molecular formula is C32H39NO13. The number of methoxy groups -OCH3 is 2. The lowest BCUT2D eigenvalue weighted by molar-refractivity contribution is -0.281. The van der Waals surface area contributed by atoms with Crippen LogP contribution in [-0.2, 0) is 39.6 Å². The first kappa shape index (κ1) is 33.9. The highest BCUT2D eigenvalue weighted by Crippen LogP contribution is 2.52. The van der Waals surface area contributed by atoms with Gasteiger partial charge in [-0.05, 0) is 13.3 Å². The molecule has 0 saturated carbocycles. The number of carbonyl (C=O) groups is 3. The number of phenols is 2. The van der Waals surface area contributed by atoms with Crippen molar-refractivity contribution in [2.75, 3.05) is 34.0 Å². The molecule has 14 heteroatoms. The van der Waals surface area contributed by atoms with Gasteiger partial charge >= 0.3 is 0 Å². The van der Waals surface area contributed by atoms with Crippen LogP contribution in [0.4, 0.5) is 0 Å². The first-order valence-electron chi connectivity index (χ1n) is 14.9. The fourth-order valence-corrected chi connectivity index (χ4v) is 6.52. The number of benzene rings is 1. The number of allylic oxidation sites excluding steroid dienone is 3. The van der Waals surface area contributed by atoms with Gasteiger partial charge in [0.1, 0.15) is 29.5 Å². The van der Waals surface area contributed by atoms with Crippen LogP contribution in [0.1, 0.15) is 64.1 Å². The molecule has 2 saturated heterocycles. The molecule has 5 rings (SSSR count). The third-order valence-electron chi connectivity index (χ3n) is 8.91. The number of carbonyl (C=O) groups excluding carboxylic acids is 3. The Morgan fingerprint density at radius 1 is 1.13 bits per heavy atom. The fourth-order valence-electron chi connectivity index (χ4n) is 6.52. The van der Waals surface area contributed by atoms with Crippen molar-refractivity contribution in [1.29, 1.82) is 0 Å². The molecule has 0 bridgehead atoms. The molecule has 2 fully saturated rings. The Hall–Kier alpha value is -3.47. The number of ether oxygens (including phenoxy) is 6. The summed E-state index contributed by atoms with van der Waals surface area (Å²) in [6.07, 6.45) is -3.43. The van der Waals surface area contributed by atoms with Crippen molar-refractivity contribution in [3.63, 3.8) is 0 Å². The van der Waals surface area contributed by atoms with Gasteiger partial charge in [0.25, 0.3) is 0 Å². The maximum atomic E-state index is 13.7. The minimum Gasteiger partial charge on any atom is -0.507 e. The van der Waals surface area contributed by atoms with Crippen LogP contribution in [0, 0.1) is 0 Å². The molecule has 0 spiro atoms. The Morgan fingerprint density at radius 2 is 1.85 bits per heavy atom. The maximum absolute atomic E-state index is 13.7. The van der Waals surface area contributed by atoms with E-state index in [0.29, 0.717) is 19.6 Å². The standard InChI is InChI=1S/C32H39NO13/c1-6-16-22(15(3)41-4)28(38)25-24(26(16)36)27(37)17-11-32(40,20(35)13-34)12-19(23(17)29(25)39)45-21-8-7-18(14(2)44-21)46-30-31(42-5)43-10-9-33-30/h6,14,18-19,21,30-31,33-34,37,39-40H,1,3,7-13H2,2,4-5H3/t14-,18-,19-,21-,30+,31-,32-/m0/s1. The second kappa shape index (κ2) is 13.3. The van der Waals surface area contributed by atoms with Gasteiger partial charge in [-0.15, -0.1) is 0 Å². The molecule has 0 aromatic heterocycles. The molecule has 5 N–H and O–H groups in total. The van der Waals surface area contributed by atoms with E-state index in [2.05, 4.69) is 18.5 Å². The number of phenolic OH excluding ortho intramolecular Hbond substituents is 2. The zero-order valence-electron chi connectivity index (χ0n) is 25.9. The predicted octanol–water partition coefficient (Wildman–Crippen LogP) is 1.24. The van der Waals surface area contributed by atoms with Crippen molar-refractivity contribution in [2.45, 2.75) is 75.3 Å². The van der Waals surface area contributed by atoms with Crippen molar-refractivity contribution in [2.24, 2.45) is 0 Å². The van der Waals surface area contributed by atoms with Gasteiger partial charge in [0, 0.05) is 49.6 Å². The monoisotopic (exact) mass is 645 g/mol. The number of fused-ring (bicyclic) bond motifs is 2. The molecule has 7 atom stereocenters. The molecule has 0 amide bonds. The smallest absolute Gasteiger partial charge is 0.202 e. The number of hydrogen-bond acceptors (Lipinski definition) is 14. The van der Waals surface area contributed by atoms with Gasteiger partial charge in [-0.1, -0.05) is 19.2 Å². The lowest BCUT2D eigenvalue weighted by atomic mass is 9.71. The maximum Gasteiger partial charge on any atom is 0.202 e.